The molecule has 0 spiro atoms. The minimum Gasteiger partial charge on any atom is -0.388 e. The highest BCUT2D eigenvalue weighted by atomic mass is 16.5. The summed E-state index contributed by atoms with van der Waals surface area (Å²) in [4.78, 5) is 14.9. The molecule has 2 rings (SSSR count). The van der Waals surface area contributed by atoms with Gasteiger partial charge in [0.15, 0.2) is 12.0 Å². The highest BCUT2D eigenvalue weighted by Crippen LogP contribution is 2.22. The molecule has 2 heterocycles. The van der Waals surface area contributed by atoms with E-state index in [9.17, 15) is 15.0 Å². The Balaban J connectivity index is 2.31. The van der Waals surface area contributed by atoms with Crippen LogP contribution in [0.2, 0.25) is 0 Å². The summed E-state index contributed by atoms with van der Waals surface area (Å²) in [7, 11) is 0. The molecule has 8 heteroatoms. The van der Waals surface area contributed by atoms with Crippen LogP contribution in [-0.2, 0) is 4.74 Å². The van der Waals surface area contributed by atoms with E-state index >= 15 is 0 Å². The summed E-state index contributed by atoms with van der Waals surface area (Å²) < 4.78 is 6.10. The number of aliphatic hydroxyl groups is 2. The monoisotopic (exact) mass is 229 g/mol. The number of aromatic nitrogens is 2. The lowest BCUT2D eigenvalue weighted by atomic mass is 10.2. The van der Waals surface area contributed by atoms with E-state index in [2.05, 4.69) is 4.98 Å². The lowest BCUT2D eigenvalue weighted by Gasteiger charge is -2.16. The second-order valence-corrected chi connectivity index (χ2v) is 3.40. The van der Waals surface area contributed by atoms with Crippen molar-refractivity contribution in [2.45, 2.75) is 18.4 Å². The highest BCUT2D eigenvalue weighted by molar-refractivity contribution is 5.28. The number of nitrogens with zero attached hydrogens (tertiary/aromatic N) is 2. The van der Waals surface area contributed by atoms with E-state index in [-0.39, 0.29) is 12.4 Å². The maximum Gasteiger partial charge on any atom is 0.351 e. The fraction of sp³-hybridized carbons (Fsp3) is 0.500. The Labute approximate surface area is 89.7 Å². The van der Waals surface area contributed by atoms with Gasteiger partial charge in [-0.15, -0.1) is 0 Å². The third-order valence-corrected chi connectivity index (χ3v) is 2.34. The SMILES string of the molecule is O=c1nc(NO)ccn1[C@@H]1OC[C@H](O)[C@H]1O. The highest BCUT2D eigenvalue weighted by Gasteiger charge is 2.36. The predicted molar refractivity (Wildman–Crippen MR) is 50.9 cm³/mol. The Morgan fingerprint density at radius 3 is 2.81 bits per heavy atom. The molecule has 3 atom stereocenters. The van der Waals surface area contributed by atoms with Gasteiger partial charge in [0.25, 0.3) is 0 Å². The van der Waals surface area contributed by atoms with E-state index in [1.165, 1.54) is 12.3 Å². The van der Waals surface area contributed by atoms with Crippen LogP contribution in [-0.4, -0.2) is 43.8 Å². The molecule has 16 heavy (non-hydrogen) atoms. The van der Waals surface area contributed by atoms with Crippen LogP contribution in [0.4, 0.5) is 5.82 Å². The number of hydrogen-bond donors (Lipinski definition) is 4. The molecule has 0 radical (unpaired) electrons. The van der Waals surface area contributed by atoms with E-state index in [0.29, 0.717) is 0 Å². The predicted octanol–water partition coefficient (Wildman–Crippen LogP) is -1.70. The van der Waals surface area contributed by atoms with Crippen molar-refractivity contribution in [1.29, 1.82) is 0 Å². The minimum atomic E-state index is -1.17. The third-order valence-electron chi connectivity index (χ3n) is 2.34. The van der Waals surface area contributed by atoms with E-state index in [4.69, 9.17) is 9.94 Å². The Hall–Kier alpha value is -1.48. The molecule has 0 aliphatic carbocycles. The van der Waals surface area contributed by atoms with Gasteiger partial charge >= 0.3 is 5.69 Å². The number of hydrogen-bond acceptors (Lipinski definition) is 7. The van der Waals surface area contributed by atoms with Crippen molar-refractivity contribution in [2.24, 2.45) is 0 Å². The molecule has 0 aromatic carbocycles. The Kier molecular flexibility index (Phi) is 2.88. The van der Waals surface area contributed by atoms with Gasteiger partial charge in [-0.2, -0.15) is 4.98 Å². The fourth-order valence-electron chi connectivity index (χ4n) is 1.50. The standard InChI is InChI=1S/C8H11N3O5/c12-4-3-16-7(6(4)13)11-2-1-5(10-15)9-8(11)14/h1-2,4,6-7,12-13,15H,3H2,(H,9,10,14)/t4-,6+,7+/m0/s1. The number of rotatable bonds is 2. The quantitative estimate of drug-likeness (QED) is 0.446. The number of ether oxygens (including phenoxy) is 1. The van der Waals surface area contributed by atoms with Crippen molar-refractivity contribution < 1.29 is 20.2 Å². The molecule has 0 unspecified atom stereocenters. The van der Waals surface area contributed by atoms with Gasteiger partial charge in [-0.1, -0.05) is 0 Å². The smallest absolute Gasteiger partial charge is 0.351 e. The average molecular weight is 229 g/mol. The van der Waals surface area contributed by atoms with E-state index in [1.54, 1.807) is 5.48 Å². The summed E-state index contributed by atoms with van der Waals surface area (Å²) in [5.41, 5.74) is 1.03. The molecular formula is C8H11N3O5. The topological polar surface area (TPSA) is 117 Å². The Morgan fingerprint density at radius 1 is 1.56 bits per heavy atom. The van der Waals surface area contributed by atoms with Crippen LogP contribution in [0.15, 0.2) is 17.1 Å². The van der Waals surface area contributed by atoms with Gasteiger partial charge in [0.05, 0.1) is 6.61 Å². The molecular weight excluding hydrogens is 218 g/mol. The van der Waals surface area contributed by atoms with Gasteiger partial charge < -0.3 is 14.9 Å². The molecule has 1 aliphatic rings. The molecule has 0 saturated carbocycles. The lowest BCUT2D eigenvalue weighted by Crippen LogP contribution is -2.34. The first-order chi connectivity index (χ1) is 7.63. The summed E-state index contributed by atoms with van der Waals surface area (Å²) in [5, 5.41) is 27.3. The fourth-order valence-corrected chi connectivity index (χ4v) is 1.50. The molecule has 1 aromatic rings. The normalized spacial score (nSPS) is 29.3. The van der Waals surface area contributed by atoms with Gasteiger partial charge in [-0.05, 0) is 6.07 Å². The third kappa shape index (κ3) is 1.78. The van der Waals surface area contributed by atoms with Gasteiger partial charge in [-0.25, -0.2) is 4.79 Å². The zero-order valence-corrected chi connectivity index (χ0v) is 8.15. The Bertz CT molecular complexity index is 434. The zero-order chi connectivity index (χ0) is 11.7. The molecule has 0 amide bonds. The van der Waals surface area contributed by atoms with Crippen molar-refractivity contribution in [3.05, 3.63) is 22.7 Å². The average Bonchev–Trinajstić information content (AvgIpc) is 2.60. The molecule has 1 aliphatic heterocycles. The van der Waals surface area contributed by atoms with Crippen LogP contribution < -0.4 is 11.2 Å². The van der Waals surface area contributed by atoms with Crippen molar-refractivity contribution in [2.75, 3.05) is 12.1 Å². The first-order valence-corrected chi connectivity index (χ1v) is 4.60. The second-order valence-electron chi connectivity index (χ2n) is 3.40. The van der Waals surface area contributed by atoms with E-state index in [0.717, 1.165) is 4.57 Å². The summed E-state index contributed by atoms with van der Waals surface area (Å²) in [6, 6.07) is 1.34. The molecule has 4 N–H and O–H groups in total. The number of aliphatic hydroxyl groups excluding tert-OH is 2. The van der Waals surface area contributed by atoms with Crippen LogP contribution in [0.25, 0.3) is 0 Å². The van der Waals surface area contributed by atoms with Crippen molar-refractivity contribution >= 4 is 5.82 Å². The second kappa shape index (κ2) is 4.18. The van der Waals surface area contributed by atoms with Gasteiger partial charge in [0, 0.05) is 6.20 Å². The molecule has 1 fully saturated rings. The van der Waals surface area contributed by atoms with Crippen molar-refractivity contribution in [3.8, 4) is 0 Å². The van der Waals surface area contributed by atoms with Crippen molar-refractivity contribution in [1.82, 2.24) is 9.55 Å². The van der Waals surface area contributed by atoms with E-state index < -0.39 is 24.1 Å². The largest absolute Gasteiger partial charge is 0.388 e. The molecule has 88 valence electrons. The lowest BCUT2D eigenvalue weighted by molar-refractivity contribution is -0.0211. The van der Waals surface area contributed by atoms with Crippen LogP contribution >= 0.6 is 0 Å². The van der Waals surface area contributed by atoms with E-state index in [1.807, 2.05) is 0 Å². The summed E-state index contributed by atoms with van der Waals surface area (Å²) in [6.07, 6.45) is -1.84. The van der Waals surface area contributed by atoms with Gasteiger partial charge in [-0.3, -0.25) is 15.3 Å². The molecule has 1 saturated heterocycles. The minimum absolute atomic E-state index is 0.00529. The molecule has 8 nitrogen and oxygen atoms in total. The Morgan fingerprint density at radius 2 is 2.31 bits per heavy atom. The van der Waals surface area contributed by atoms with Gasteiger partial charge in [0.1, 0.15) is 12.2 Å². The number of anilines is 1. The van der Waals surface area contributed by atoms with Gasteiger partial charge in [0.2, 0.25) is 0 Å². The van der Waals surface area contributed by atoms with Crippen LogP contribution in [0.3, 0.4) is 0 Å². The van der Waals surface area contributed by atoms with Crippen LogP contribution in [0, 0.1) is 0 Å². The maximum absolute atomic E-state index is 11.5. The maximum atomic E-state index is 11.5. The van der Waals surface area contributed by atoms with Crippen LogP contribution in [0.5, 0.6) is 0 Å². The van der Waals surface area contributed by atoms with Crippen LogP contribution in [0.1, 0.15) is 6.23 Å². The molecule has 1 aromatic heterocycles. The zero-order valence-electron chi connectivity index (χ0n) is 8.15. The summed E-state index contributed by atoms with van der Waals surface area (Å²) in [5.74, 6) is -0.00529. The first-order valence-electron chi connectivity index (χ1n) is 4.60. The summed E-state index contributed by atoms with van der Waals surface area (Å²) >= 11 is 0. The number of nitrogens with one attached hydrogen (secondary N) is 1. The van der Waals surface area contributed by atoms with Crippen molar-refractivity contribution in [3.63, 3.8) is 0 Å². The first kappa shape index (κ1) is 11.0. The summed E-state index contributed by atoms with van der Waals surface area (Å²) in [6.45, 7) is -0.0434. The molecule has 0 bridgehead atoms.